The molecule has 8 nitrogen and oxygen atoms in total. The van der Waals surface area contributed by atoms with E-state index in [1.807, 2.05) is 12.1 Å². The minimum Gasteiger partial charge on any atom is -0.477 e. The van der Waals surface area contributed by atoms with Gasteiger partial charge in [0.05, 0.1) is 10.6 Å². The van der Waals surface area contributed by atoms with Crippen molar-refractivity contribution in [3.05, 3.63) is 55.4 Å². The second-order valence-corrected chi connectivity index (χ2v) is 9.00. The van der Waals surface area contributed by atoms with Crippen LogP contribution in [0.25, 0.3) is 0 Å². The Labute approximate surface area is 191 Å². The number of hydrogen-bond donors (Lipinski definition) is 1. The zero-order chi connectivity index (χ0) is 22.7. The molecule has 0 saturated heterocycles. The summed E-state index contributed by atoms with van der Waals surface area (Å²) in [5, 5.41) is 9.73. The topological polar surface area (TPSA) is 98.7 Å². The summed E-state index contributed by atoms with van der Waals surface area (Å²) in [6.07, 6.45) is 8.08. The molecule has 2 aliphatic rings. The third-order valence-corrected chi connectivity index (χ3v) is 6.51. The van der Waals surface area contributed by atoms with E-state index >= 15 is 0 Å². The molecule has 4 rings (SSSR count). The Kier molecular flexibility index (Phi) is 7.10. The highest BCUT2D eigenvalue weighted by Gasteiger charge is 2.30. The molecule has 1 unspecified atom stereocenters. The molecule has 1 aliphatic carbocycles. The molecule has 0 radical (unpaired) electrons. The number of nitrogens with zero attached hydrogens (tertiary/aromatic N) is 4. The Morgan fingerprint density at radius 1 is 1.22 bits per heavy atom. The van der Waals surface area contributed by atoms with E-state index in [1.54, 1.807) is 13.2 Å². The van der Waals surface area contributed by atoms with E-state index in [0.717, 1.165) is 31.4 Å². The highest BCUT2D eigenvalue weighted by Crippen LogP contribution is 2.30. The molecule has 0 bridgehead atoms. The zero-order valence-electron chi connectivity index (χ0n) is 18.3. The first-order chi connectivity index (χ1) is 15.5. The molecule has 1 aliphatic heterocycles. The number of aromatic nitrogens is 3. The van der Waals surface area contributed by atoms with E-state index in [4.69, 9.17) is 26.4 Å². The van der Waals surface area contributed by atoms with E-state index in [0.29, 0.717) is 48.0 Å². The lowest BCUT2D eigenvalue weighted by atomic mass is 9.95. The van der Waals surface area contributed by atoms with Gasteiger partial charge in [0.1, 0.15) is 11.9 Å². The summed E-state index contributed by atoms with van der Waals surface area (Å²) >= 11 is 5.99. The van der Waals surface area contributed by atoms with Crippen molar-refractivity contribution >= 4 is 23.3 Å². The Balaban J connectivity index is 1.73. The second kappa shape index (κ2) is 10.0. The fraction of sp³-hybridized carbons (Fsp3) is 0.565. The van der Waals surface area contributed by atoms with Gasteiger partial charge in [0.25, 0.3) is 5.56 Å². The van der Waals surface area contributed by atoms with Crippen molar-refractivity contribution in [2.45, 2.75) is 64.0 Å². The van der Waals surface area contributed by atoms with E-state index in [2.05, 4.69) is 4.98 Å². The van der Waals surface area contributed by atoms with Crippen LogP contribution < -0.4 is 11.2 Å². The summed E-state index contributed by atoms with van der Waals surface area (Å²) in [7, 11) is 1.63. The SMILES string of the molecule is Cn1c2c(c(=O)n(CCCO)c1=O)CCC(Cc1ccc(Cl)cn1)C(OC1CCCC1)=N2. The van der Waals surface area contributed by atoms with Gasteiger partial charge >= 0.3 is 5.69 Å². The third kappa shape index (κ3) is 4.81. The van der Waals surface area contributed by atoms with Crippen molar-refractivity contribution in [2.24, 2.45) is 18.0 Å². The van der Waals surface area contributed by atoms with Gasteiger partial charge in [0.15, 0.2) is 5.90 Å². The number of ether oxygens (including phenoxy) is 1. The highest BCUT2D eigenvalue weighted by atomic mass is 35.5. The largest absolute Gasteiger partial charge is 0.477 e. The van der Waals surface area contributed by atoms with Crippen molar-refractivity contribution in [1.82, 2.24) is 14.1 Å². The Morgan fingerprint density at radius 3 is 2.69 bits per heavy atom. The summed E-state index contributed by atoms with van der Waals surface area (Å²) in [5.74, 6) is 0.895. The minimum atomic E-state index is -0.427. The van der Waals surface area contributed by atoms with Crippen LogP contribution in [-0.2, 0) is 31.2 Å². The summed E-state index contributed by atoms with van der Waals surface area (Å²) in [5.41, 5.74) is 0.640. The molecular formula is C23H29ClN4O4. The van der Waals surface area contributed by atoms with Gasteiger partial charge in [-0.2, -0.15) is 4.99 Å². The van der Waals surface area contributed by atoms with Crippen LogP contribution in [0.5, 0.6) is 0 Å². The number of aliphatic imine (C=N–C) groups is 1. The van der Waals surface area contributed by atoms with Crippen LogP contribution in [0.1, 0.15) is 49.8 Å². The standard InChI is InChI=1S/C23H29ClN4O4/c1-27-20-19(22(30)28(23(27)31)11-4-12-29)10-7-15(13-17-9-8-16(24)14-25-17)21(26-20)32-18-5-2-3-6-18/h8-9,14-15,18,29H,2-7,10-13H2,1H3. The molecule has 172 valence electrons. The lowest BCUT2D eigenvalue weighted by Crippen LogP contribution is -2.41. The molecule has 1 N–H and O–H groups in total. The summed E-state index contributed by atoms with van der Waals surface area (Å²) in [6.45, 7) is 0.100. The van der Waals surface area contributed by atoms with Crippen molar-refractivity contribution < 1.29 is 9.84 Å². The summed E-state index contributed by atoms with van der Waals surface area (Å²) < 4.78 is 8.99. The number of halogens is 1. The number of aliphatic hydroxyl groups excluding tert-OH is 1. The maximum Gasteiger partial charge on any atom is 0.332 e. The van der Waals surface area contributed by atoms with Crippen LogP contribution >= 0.6 is 11.6 Å². The maximum atomic E-state index is 13.1. The first-order valence-electron chi connectivity index (χ1n) is 11.3. The van der Waals surface area contributed by atoms with Crippen molar-refractivity contribution in [3.63, 3.8) is 0 Å². The second-order valence-electron chi connectivity index (χ2n) is 8.56. The number of fused-ring (bicyclic) bond motifs is 1. The number of rotatable bonds is 6. The number of pyridine rings is 1. The Hall–Kier alpha value is -2.45. The monoisotopic (exact) mass is 460 g/mol. The molecule has 9 heteroatoms. The molecule has 1 fully saturated rings. The van der Waals surface area contributed by atoms with Crippen LogP contribution in [0.3, 0.4) is 0 Å². The smallest absolute Gasteiger partial charge is 0.332 e. The lowest BCUT2D eigenvalue weighted by molar-refractivity contribution is 0.179. The fourth-order valence-electron chi connectivity index (χ4n) is 4.51. The maximum absolute atomic E-state index is 13.1. The molecular weight excluding hydrogens is 432 g/mol. The van der Waals surface area contributed by atoms with Crippen LogP contribution in [0, 0.1) is 5.92 Å². The van der Waals surface area contributed by atoms with Gasteiger partial charge in [0.2, 0.25) is 0 Å². The normalized spacial score (nSPS) is 18.8. The van der Waals surface area contributed by atoms with Crippen molar-refractivity contribution in [3.8, 4) is 0 Å². The third-order valence-electron chi connectivity index (χ3n) is 6.29. The zero-order valence-corrected chi connectivity index (χ0v) is 19.1. The van der Waals surface area contributed by atoms with Gasteiger partial charge in [-0.1, -0.05) is 11.6 Å². The average Bonchev–Trinajstić information content (AvgIpc) is 3.23. The quantitative estimate of drug-likeness (QED) is 0.714. The van der Waals surface area contributed by atoms with Crippen LogP contribution in [0.4, 0.5) is 5.82 Å². The number of hydrogen-bond acceptors (Lipinski definition) is 6. The van der Waals surface area contributed by atoms with E-state index < -0.39 is 5.69 Å². The molecule has 2 aromatic rings. The first-order valence-corrected chi connectivity index (χ1v) is 11.6. The van der Waals surface area contributed by atoms with Crippen molar-refractivity contribution in [1.29, 1.82) is 0 Å². The van der Waals surface area contributed by atoms with Crippen LogP contribution in [0.15, 0.2) is 32.9 Å². The minimum absolute atomic E-state index is 0.0583. The van der Waals surface area contributed by atoms with Crippen LogP contribution in [-0.4, -0.2) is 37.8 Å². The first kappa shape index (κ1) is 22.7. The average molecular weight is 461 g/mol. The molecule has 3 heterocycles. The van der Waals surface area contributed by atoms with E-state index in [1.165, 1.54) is 9.13 Å². The summed E-state index contributed by atoms with van der Waals surface area (Å²) in [4.78, 5) is 35.2. The van der Waals surface area contributed by atoms with Crippen LogP contribution in [0.2, 0.25) is 5.02 Å². The van der Waals surface area contributed by atoms with Gasteiger partial charge < -0.3 is 9.84 Å². The van der Waals surface area contributed by atoms with Gasteiger partial charge in [-0.25, -0.2) is 4.79 Å². The molecule has 0 spiro atoms. The summed E-state index contributed by atoms with van der Waals surface area (Å²) in [6, 6.07) is 3.71. The molecule has 2 aromatic heterocycles. The van der Waals surface area contributed by atoms with Gasteiger partial charge in [-0.3, -0.25) is 18.9 Å². The van der Waals surface area contributed by atoms with Gasteiger partial charge in [-0.15, -0.1) is 0 Å². The predicted molar refractivity (Wildman–Crippen MR) is 123 cm³/mol. The highest BCUT2D eigenvalue weighted by molar-refractivity contribution is 6.30. The lowest BCUT2D eigenvalue weighted by Gasteiger charge is -2.21. The van der Waals surface area contributed by atoms with E-state index in [9.17, 15) is 9.59 Å². The predicted octanol–water partition coefficient (Wildman–Crippen LogP) is 2.77. The molecule has 32 heavy (non-hydrogen) atoms. The number of aliphatic hydroxyl groups is 1. The molecule has 0 aromatic carbocycles. The Bertz CT molecular complexity index is 1100. The van der Waals surface area contributed by atoms with E-state index in [-0.39, 0.29) is 30.7 Å². The molecule has 0 amide bonds. The fourth-order valence-corrected chi connectivity index (χ4v) is 4.62. The Morgan fingerprint density at radius 2 is 2.00 bits per heavy atom. The van der Waals surface area contributed by atoms with Crippen molar-refractivity contribution in [2.75, 3.05) is 6.61 Å². The molecule has 1 atom stereocenters. The van der Waals surface area contributed by atoms with Gasteiger partial charge in [0, 0.05) is 44.4 Å². The van der Waals surface area contributed by atoms with Gasteiger partial charge in [-0.05, 0) is 57.1 Å². The molecule has 1 saturated carbocycles.